The Labute approximate surface area is 175 Å². The topological polar surface area (TPSA) is 87.7 Å². The largest absolute Gasteiger partial charge is 0.478 e. The molecule has 6 nitrogen and oxygen atoms in total. The number of hydrogen-bond donors (Lipinski definition) is 3. The SMILES string of the molecule is CC(=O)Nc1ccc(C(=O)O)cc1CCNCc1ccc(Oc2ccccc2)cc1. The van der Waals surface area contributed by atoms with E-state index in [9.17, 15) is 14.7 Å². The molecule has 0 aliphatic carbocycles. The third-order valence-corrected chi connectivity index (χ3v) is 4.47. The van der Waals surface area contributed by atoms with Crippen molar-refractivity contribution in [2.45, 2.75) is 19.9 Å². The smallest absolute Gasteiger partial charge is 0.335 e. The molecule has 0 saturated heterocycles. The Morgan fingerprint density at radius 3 is 2.30 bits per heavy atom. The summed E-state index contributed by atoms with van der Waals surface area (Å²) in [4.78, 5) is 22.6. The number of ether oxygens (including phenoxy) is 1. The summed E-state index contributed by atoms with van der Waals surface area (Å²) in [6.07, 6.45) is 0.589. The lowest BCUT2D eigenvalue weighted by atomic mass is 10.1. The molecule has 0 aromatic heterocycles. The molecule has 30 heavy (non-hydrogen) atoms. The second-order valence-corrected chi connectivity index (χ2v) is 6.84. The van der Waals surface area contributed by atoms with Gasteiger partial charge in [-0.15, -0.1) is 0 Å². The zero-order chi connectivity index (χ0) is 21.3. The first-order valence-corrected chi connectivity index (χ1v) is 9.67. The number of para-hydroxylation sites is 1. The summed E-state index contributed by atoms with van der Waals surface area (Å²) in [5, 5.41) is 15.3. The molecule has 3 aromatic rings. The number of carbonyl (C=O) groups excluding carboxylic acids is 1. The van der Waals surface area contributed by atoms with Crippen LogP contribution < -0.4 is 15.4 Å². The molecule has 3 N–H and O–H groups in total. The predicted octanol–water partition coefficient (Wildman–Crippen LogP) is 4.47. The van der Waals surface area contributed by atoms with Crippen LogP contribution in [-0.4, -0.2) is 23.5 Å². The van der Waals surface area contributed by atoms with Gasteiger partial charge >= 0.3 is 5.97 Å². The quantitative estimate of drug-likeness (QED) is 0.458. The van der Waals surface area contributed by atoms with Crippen molar-refractivity contribution in [2.24, 2.45) is 0 Å². The number of amides is 1. The Kier molecular flexibility index (Phi) is 7.19. The molecule has 0 bridgehead atoms. The molecule has 0 aliphatic heterocycles. The van der Waals surface area contributed by atoms with Gasteiger partial charge < -0.3 is 20.5 Å². The Morgan fingerprint density at radius 2 is 1.63 bits per heavy atom. The number of nitrogens with one attached hydrogen (secondary N) is 2. The van der Waals surface area contributed by atoms with Crippen LogP contribution in [-0.2, 0) is 17.8 Å². The van der Waals surface area contributed by atoms with Crippen LogP contribution in [0.4, 0.5) is 5.69 Å². The van der Waals surface area contributed by atoms with E-state index in [-0.39, 0.29) is 11.5 Å². The molecule has 0 spiro atoms. The number of anilines is 1. The fourth-order valence-corrected chi connectivity index (χ4v) is 3.00. The van der Waals surface area contributed by atoms with Crippen molar-refractivity contribution in [1.82, 2.24) is 5.32 Å². The van der Waals surface area contributed by atoms with Crippen molar-refractivity contribution in [2.75, 3.05) is 11.9 Å². The Bertz CT molecular complexity index is 1000. The van der Waals surface area contributed by atoms with Gasteiger partial charge in [0.25, 0.3) is 0 Å². The fourth-order valence-electron chi connectivity index (χ4n) is 3.00. The Hall–Kier alpha value is -3.64. The highest BCUT2D eigenvalue weighted by atomic mass is 16.5. The lowest BCUT2D eigenvalue weighted by Gasteiger charge is -2.12. The summed E-state index contributed by atoms with van der Waals surface area (Å²) in [6.45, 7) is 2.73. The van der Waals surface area contributed by atoms with Gasteiger partial charge in [0.15, 0.2) is 0 Å². The first-order chi connectivity index (χ1) is 14.5. The summed E-state index contributed by atoms with van der Waals surface area (Å²) in [6, 6.07) is 22.2. The van der Waals surface area contributed by atoms with Gasteiger partial charge in [0.05, 0.1) is 5.56 Å². The summed E-state index contributed by atoms with van der Waals surface area (Å²) in [5.74, 6) is 0.388. The van der Waals surface area contributed by atoms with E-state index in [1.54, 1.807) is 12.1 Å². The normalized spacial score (nSPS) is 10.4. The maximum atomic E-state index is 11.4. The van der Waals surface area contributed by atoms with E-state index in [4.69, 9.17) is 4.74 Å². The number of rotatable bonds is 9. The Balaban J connectivity index is 1.53. The molecular weight excluding hydrogens is 380 g/mol. The maximum absolute atomic E-state index is 11.4. The lowest BCUT2D eigenvalue weighted by molar-refractivity contribution is -0.114. The molecule has 0 unspecified atom stereocenters. The van der Waals surface area contributed by atoms with Crippen LogP contribution in [0.2, 0.25) is 0 Å². The van der Waals surface area contributed by atoms with Crippen LogP contribution in [0.3, 0.4) is 0 Å². The number of aromatic carboxylic acids is 1. The van der Waals surface area contributed by atoms with Gasteiger partial charge in [0.2, 0.25) is 5.91 Å². The van der Waals surface area contributed by atoms with E-state index < -0.39 is 5.97 Å². The van der Waals surface area contributed by atoms with Gasteiger partial charge in [-0.1, -0.05) is 30.3 Å². The highest BCUT2D eigenvalue weighted by Gasteiger charge is 2.09. The maximum Gasteiger partial charge on any atom is 0.335 e. The van der Waals surface area contributed by atoms with E-state index in [1.807, 2.05) is 54.6 Å². The molecule has 3 aromatic carbocycles. The fraction of sp³-hybridized carbons (Fsp3) is 0.167. The molecule has 0 aliphatic rings. The van der Waals surface area contributed by atoms with Crippen molar-refractivity contribution < 1.29 is 19.4 Å². The van der Waals surface area contributed by atoms with Crippen molar-refractivity contribution in [3.63, 3.8) is 0 Å². The standard InChI is InChI=1S/C24H24N2O4/c1-17(27)26-23-12-9-20(24(28)29)15-19(23)13-14-25-16-18-7-10-22(11-8-18)30-21-5-3-2-4-6-21/h2-12,15,25H,13-14,16H2,1H3,(H,26,27)(H,28,29). The molecule has 0 fully saturated rings. The summed E-state index contributed by atoms with van der Waals surface area (Å²) in [7, 11) is 0. The molecular formula is C24H24N2O4. The van der Waals surface area contributed by atoms with Crippen molar-refractivity contribution >= 4 is 17.6 Å². The average molecular weight is 404 g/mol. The van der Waals surface area contributed by atoms with E-state index in [2.05, 4.69) is 10.6 Å². The van der Waals surface area contributed by atoms with Gasteiger partial charge in [-0.3, -0.25) is 4.79 Å². The average Bonchev–Trinajstić information content (AvgIpc) is 2.73. The molecule has 1 amide bonds. The molecule has 3 rings (SSSR count). The van der Waals surface area contributed by atoms with E-state index >= 15 is 0 Å². The summed E-state index contributed by atoms with van der Waals surface area (Å²) >= 11 is 0. The Morgan fingerprint density at radius 1 is 0.933 bits per heavy atom. The predicted molar refractivity (Wildman–Crippen MR) is 116 cm³/mol. The highest BCUT2D eigenvalue weighted by molar-refractivity contribution is 5.92. The molecule has 0 atom stereocenters. The van der Waals surface area contributed by atoms with E-state index in [0.717, 1.165) is 22.6 Å². The second-order valence-electron chi connectivity index (χ2n) is 6.84. The van der Waals surface area contributed by atoms with Gasteiger partial charge in [-0.25, -0.2) is 4.79 Å². The monoisotopic (exact) mass is 404 g/mol. The van der Waals surface area contributed by atoms with E-state index in [0.29, 0.717) is 25.2 Å². The molecule has 6 heteroatoms. The van der Waals surface area contributed by atoms with Gasteiger partial charge in [-0.05, 0) is 66.6 Å². The summed E-state index contributed by atoms with van der Waals surface area (Å²) < 4.78 is 5.79. The third-order valence-electron chi connectivity index (χ3n) is 4.47. The van der Waals surface area contributed by atoms with Crippen LogP contribution in [0.1, 0.15) is 28.4 Å². The second kappa shape index (κ2) is 10.2. The van der Waals surface area contributed by atoms with Crippen LogP contribution >= 0.6 is 0 Å². The summed E-state index contributed by atoms with van der Waals surface area (Å²) in [5.41, 5.74) is 2.73. The first kappa shape index (κ1) is 21.1. The molecule has 0 radical (unpaired) electrons. The van der Waals surface area contributed by atoms with Gasteiger partial charge in [0, 0.05) is 19.2 Å². The van der Waals surface area contributed by atoms with Crippen LogP contribution in [0.5, 0.6) is 11.5 Å². The van der Waals surface area contributed by atoms with Crippen molar-refractivity contribution in [3.8, 4) is 11.5 Å². The first-order valence-electron chi connectivity index (χ1n) is 9.67. The number of carboxylic acids is 1. The zero-order valence-corrected chi connectivity index (χ0v) is 16.7. The zero-order valence-electron chi connectivity index (χ0n) is 16.7. The molecule has 154 valence electrons. The highest BCUT2D eigenvalue weighted by Crippen LogP contribution is 2.21. The van der Waals surface area contributed by atoms with E-state index in [1.165, 1.54) is 13.0 Å². The van der Waals surface area contributed by atoms with Crippen LogP contribution in [0, 0.1) is 0 Å². The molecule has 0 heterocycles. The lowest BCUT2D eigenvalue weighted by Crippen LogP contribution is -2.18. The van der Waals surface area contributed by atoms with Crippen LogP contribution in [0.15, 0.2) is 72.8 Å². The van der Waals surface area contributed by atoms with Crippen LogP contribution in [0.25, 0.3) is 0 Å². The number of benzene rings is 3. The molecule has 0 saturated carbocycles. The van der Waals surface area contributed by atoms with Gasteiger partial charge in [-0.2, -0.15) is 0 Å². The number of hydrogen-bond acceptors (Lipinski definition) is 4. The number of carbonyl (C=O) groups is 2. The minimum Gasteiger partial charge on any atom is -0.478 e. The van der Waals surface area contributed by atoms with Crippen molar-refractivity contribution in [3.05, 3.63) is 89.5 Å². The third kappa shape index (κ3) is 6.18. The van der Waals surface area contributed by atoms with Gasteiger partial charge in [0.1, 0.15) is 11.5 Å². The minimum atomic E-state index is -0.989. The van der Waals surface area contributed by atoms with Crippen molar-refractivity contribution in [1.29, 1.82) is 0 Å². The number of carboxylic acid groups (broad SMARTS) is 1. The minimum absolute atomic E-state index is 0.190.